The quantitative estimate of drug-likeness (QED) is 0.837. The summed E-state index contributed by atoms with van der Waals surface area (Å²) in [6.07, 6.45) is 10.6. The van der Waals surface area contributed by atoms with E-state index >= 15 is 0 Å². The second-order valence-corrected chi connectivity index (χ2v) is 6.84. The molecule has 0 bridgehead atoms. The van der Waals surface area contributed by atoms with Crippen LogP contribution in [0.15, 0.2) is 35.5 Å². The molecular formula is C18H27NO2. The van der Waals surface area contributed by atoms with Crippen molar-refractivity contribution < 1.29 is 10.2 Å². The van der Waals surface area contributed by atoms with Crippen molar-refractivity contribution in [3.05, 3.63) is 35.5 Å². The fourth-order valence-electron chi connectivity index (χ4n) is 4.29. The SMILES string of the molecule is CC=C(C1=CCC(O)C=C1)C(C)N1C[C@H]2C[C@@H](O)C[C@H]2C1. The standard InChI is InChI=1S/C18H27NO2/c1-3-18(13-4-6-16(20)7-5-13)12(2)19-10-14-8-17(21)9-15(14)11-19/h3-6,12,14-17,20-21H,7-11H2,1-2H3/t12?,14-,15+,16?,17-. The molecule has 5 atom stereocenters. The van der Waals surface area contributed by atoms with Crippen LogP contribution in [0, 0.1) is 11.8 Å². The molecule has 2 N–H and O–H groups in total. The summed E-state index contributed by atoms with van der Waals surface area (Å²) in [6.45, 7) is 6.61. The highest BCUT2D eigenvalue weighted by atomic mass is 16.3. The maximum Gasteiger partial charge on any atom is 0.0758 e. The average molecular weight is 289 g/mol. The van der Waals surface area contributed by atoms with Crippen molar-refractivity contribution in [2.45, 2.75) is 51.4 Å². The van der Waals surface area contributed by atoms with E-state index in [-0.39, 0.29) is 12.2 Å². The topological polar surface area (TPSA) is 43.7 Å². The van der Waals surface area contributed by atoms with Crippen LogP contribution in [0.25, 0.3) is 0 Å². The molecule has 2 unspecified atom stereocenters. The summed E-state index contributed by atoms with van der Waals surface area (Å²) in [5.41, 5.74) is 2.62. The Kier molecular flexibility index (Phi) is 4.34. The van der Waals surface area contributed by atoms with E-state index in [2.05, 4.69) is 37.0 Å². The van der Waals surface area contributed by atoms with Gasteiger partial charge in [0.15, 0.2) is 0 Å². The average Bonchev–Trinajstić information content (AvgIpc) is 2.98. The van der Waals surface area contributed by atoms with E-state index in [1.165, 1.54) is 11.1 Å². The fraction of sp³-hybridized carbons (Fsp3) is 0.667. The number of likely N-dealkylation sites (tertiary alicyclic amines) is 1. The Morgan fingerprint density at radius 3 is 2.48 bits per heavy atom. The van der Waals surface area contributed by atoms with Crippen LogP contribution in [0.3, 0.4) is 0 Å². The van der Waals surface area contributed by atoms with E-state index < -0.39 is 0 Å². The van der Waals surface area contributed by atoms with Gasteiger partial charge in [-0.25, -0.2) is 0 Å². The second kappa shape index (κ2) is 6.07. The van der Waals surface area contributed by atoms with Crippen LogP contribution in [-0.4, -0.2) is 46.5 Å². The molecule has 0 aromatic rings. The van der Waals surface area contributed by atoms with Crippen molar-refractivity contribution in [1.82, 2.24) is 4.90 Å². The van der Waals surface area contributed by atoms with Crippen LogP contribution in [0.4, 0.5) is 0 Å². The molecular weight excluding hydrogens is 262 g/mol. The predicted molar refractivity (Wildman–Crippen MR) is 84.9 cm³/mol. The number of rotatable bonds is 3. The van der Waals surface area contributed by atoms with E-state index in [1.54, 1.807) is 0 Å². The summed E-state index contributed by atoms with van der Waals surface area (Å²) in [5, 5.41) is 19.4. The van der Waals surface area contributed by atoms with E-state index in [0.717, 1.165) is 25.9 Å². The Balaban J connectivity index is 1.67. The van der Waals surface area contributed by atoms with Crippen molar-refractivity contribution in [3.8, 4) is 0 Å². The molecule has 0 spiro atoms. The van der Waals surface area contributed by atoms with Crippen molar-refractivity contribution in [3.63, 3.8) is 0 Å². The van der Waals surface area contributed by atoms with Crippen LogP contribution in [-0.2, 0) is 0 Å². The Morgan fingerprint density at radius 2 is 1.95 bits per heavy atom. The number of fused-ring (bicyclic) bond motifs is 1. The van der Waals surface area contributed by atoms with Crippen LogP contribution in [0.5, 0.6) is 0 Å². The summed E-state index contributed by atoms with van der Waals surface area (Å²) in [4.78, 5) is 2.57. The van der Waals surface area contributed by atoms with Crippen LogP contribution >= 0.6 is 0 Å². The molecule has 0 amide bonds. The lowest BCUT2D eigenvalue weighted by atomic mass is 9.93. The van der Waals surface area contributed by atoms with Crippen molar-refractivity contribution in [2.24, 2.45) is 11.8 Å². The van der Waals surface area contributed by atoms with Gasteiger partial charge in [0.1, 0.15) is 0 Å². The van der Waals surface area contributed by atoms with Crippen LogP contribution < -0.4 is 0 Å². The lowest BCUT2D eigenvalue weighted by molar-refractivity contribution is 0.158. The van der Waals surface area contributed by atoms with Gasteiger partial charge < -0.3 is 10.2 Å². The first-order chi connectivity index (χ1) is 10.1. The molecule has 0 radical (unpaired) electrons. The lowest BCUT2D eigenvalue weighted by Gasteiger charge is -2.29. The molecule has 3 aliphatic rings. The highest BCUT2D eigenvalue weighted by Crippen LogP contribution is 2.40. The molecule has 0 aromatic carbocycles. The molecule has 1 saturated heterocycles. The van der Waals surface area contributed by atoms with Crippen molar-refractivity contribution in [2.75, 3.05) is 13.1 Å². The Morgan fingerprint density at radius 1 is 1.29 bits per heavy atom. The number of aliphatic hydroxyl groups excluding tert-OH is 2. The first-order valence-corrected chi connectivity index (χ1v) is 8.23. The fourth-order valence-corrected chi connectivity index (χ4v) is 4.29. The molecule has 21 heavy (non-hydrogen) atoms. The summed E-state index contributed by atoms with van der Waals surface area (Å²) in [7, 11) is 0. The number of hydrogen-bond donors (Lipinski definition) is 2. The third-order valence-corrected chi connectivity index (χ3v) is 5.47. The lowest BCUT2D eigenvalue weighted by Crippen LogP contribution is -2.34. The minimum absolute atomic E-state index is 0.0656. The molecule has 2 aliphatic carbocycles. The van der Waals surface area contributed by atoms with Gasteiger partial charge in [-0.2, -0.15) is 0 Å². The van der Waals surface area contributed by atoms with Gasteiger partial charge >= 0.3 is 0 Å². The van der Waals surface area contributed by atoms with Crippen molar-refractivity contribution >= 4 is 0 Å². The van der Waals surface area contributed by atoms with Gasteiger partial charge in [0.2, 0.25) is 0 Å². The molecule has 1 heterocycles. The molecule has 3 nitrogen and oxygen atoms in total. The minimum Gasteiger partial charge on any atom is -0.393 e. The van der Waals surface area contributed by atoms with Gasteiger partial charge in [-0.1, -0.05) is 24.3 Å². The highest BCUT2D eigenvalue weighted by Gasteiger charge is 2.41. The summed E-state index contributed by atoms with van der Waals surface area (Å²) >= 11 is 0. The number of aliphatic hydroxyl groups is 2. The van der Waals surface area contributed by atoms with Gasteiger partial charge in [0, 0.05) is 19.1 Å². The van der Waals surface area contributed by atoms with Crippen molar-refractivity contribution in [1.29, 1.82) is 0 Å². The van der Waals surface area contributed by atoms with E-state index in [9.17, 15) is 10.2 Å². The number of nitrogens with zero attached hydrogens (tertiary/aromatic N) is 1. The maximum atomic E-state index is 9.77. The summed E-state index contributed by atoms with van der Waals surface area (Å²) < 4.78 is 0. The molecule has 1 aliphatic heterocycles. The maximum absolute atomic E-state index is 9.77. The number of allylic oxidation sites excluding steroid dienone is 2. The number of hydrogen-bond acceptors (Lipinski definition) is 3. The molecule has 116 valence electrons. The zero-order valence-electron chi connectivity index (χ0n) is 13.1. The first-order valence-electron chi connectivity index (χ1n) is 8.23. The monoisotopic (exact) mass is 289 g/mol. The van der Waals surface area contributed by atoms with Crippen LogP contribution in [0.1, 0.15) is 33.1 Å². The molecule has 0 aromatic heterocycles. The third kappa shape index (κ3) is 3.01. The largest absolute Gasteiger partial charge is 0.393 e. The van der Waals surface area contributed by atoms with Gasteiger partial charge in [-0.15, -0.1) is 0 Å². The molecule has 2 fully saturated rings. The second-order valence-electron chi connectivity index (χ2n) is 6.84. The van der Waals surface area contributed by atoms with Gasteiger partial charge in [-0.05, 0) is 56.1 Å². The zero-order valence-corrected chi connectivity index (χ0v) is 13.1. The smallest absolute Gasteiger partial charge is 0.0758 e. The van der Waals surface area contributed by atoms with E-state index in [1.807, 2.05) is 6.08 Å². The zero-order chi connectivity index (χ0) is 15.0. The van der Waals surface area contributed by atoms with Gasteiger partial charge in [0.25, 0.3) is 0 Å². The third-order valence-electron chi connectivity index (χ3n) is 5.47. The Labute approximate surface area is 127 Å². The van der Waals surface area contributed by atoms with Crippen LogP contribution in [0.2, 0.25) is 0 Å². The minimum atomic E-state index is -0.324. The summed E-state index contributed by atoms with van der Waals surface area (Å²) in [6, 6.07) is 0.406. The highest BCUT2D eigenvalue weighted by molar-refractivity contribution is 5.44. The molecule has 3 heteroatoms. The Bertz CT molecular complexity index is 466. The van der Waals surface area contributed by atoms with E-state index in [0.29, 0.717) is 24.3 Å². The summed E-state index contributed by atoms with van der Waals surface area (Å²) in [5.74, 6) is 1.36. The normalized spacial score (nSPS) is 38.5. The Hall–Kier alpha value is -0.900. The van der Waals surface area contributed by atoms with Gasteiger partial charge in [-0.3, -0.25) is 4.90 Å². The van der Waals surface area contributed by atoms with Gasteiger partial charge in [0.05, 0.1) is 12.2 Å². The van der Waals surface area contributed by atoms with E-state index in [4.69, 9.17) is 0 Å². The molecule has 3 rings (SSSR count). The predicted octanol–water partition coefficient (Wildman–Crippen LogP) is 2.27. The molecule has 1 saturated carbocycles. The first kappa shape index (κ1) is 15.0.